The summed E-state index contributed by atoms with van der Waals surface area (Å²) in [6, 6.07) is 121. The van der Waals surface area contributed by atoms with Gasteiger partial charge in [-0.1, -0.05) is 285 Å². The van der Waals surface area contributed by atoms with Crippen LogP contribution in [-0.4, -0.2) is 35.2 Å². The van der Waals surface area contributed by atoms with Gasteiger partial charge in [0.15, 0.2) is 22.0 Å². The molecule has 0 aliphatic rings. The molecule has 6 heteroatoms. The van der Waals surface area contributed by atoms with Gasteiger partial charge < -0.3 is 4.57 Å². The fourth-order valence-electron chi connectivity index (χ4n) is 13.3. The first-order chi connectivity index (χ1) is 40.7. The number of benzene rings is 12. The Hall–Kier alpha value is -10.2. The summed E-state index contributed by atoms with van der Waals surface area (Å²) in [7, 11) is -5.71. The average Bonchev–Trinajstić information content (AvgIpc) is 3.77. The van der Waals surface area contributed by atoms with Gasteiger partial charge in [-0.05, 0) is 77.9 Å². The summed E-state index contributed by atoms with van der Waals surface area (Å²) >= 11 is 0. The van der Waals surface area contributed by atoms with E-state index in [1.165, 1.54) is 63.3 Å². The van der Waals surface area contributed by atoms with Crippen molar-refractivity contribution < 1.29 is 0 Å². The number of hydrogen-bond acceptors (Lipinski definition) is 2. The van der Waals surface area contributed by atoms with Gasteiger partial charge in [-0.2, -0.15) is 0 Å². The minimum absolute atomic E-state index is 0.654. The van der Waals surface area contributed by atoms with Crippen LogP contribution in [0.4, 0.5) is 0 Å². The summed E-state index contributed by atoms with van der Waals surface area (Å²) in [5.74, 6) is 1.45. The van der Waals surface area contributed by atoms with Gasteiger partial charge in [-0.15, -0.1) is 0 Å². The summed E-state index contributed by atoms with van der Waals surface area (Å²) in [5.41, 5.74) is 8.42. The molecule has 12 aromatic carbocycles. The quantitative estimate of drug-likeness (QED) is 0.0903. The maximum atomic E-state index is 5.67. The van der Waals surface area contributed by atoms with Crippen LogP contribution in [0.3, 0.4) is 0 Å². The molecule has 15 rings (SSSR count). The monoisotopic (exact) mass is 1080 g/mol. The normalized spacial score (nSPS) is 11.9. The van der Waals surface area contributed by atoms with Crippen molar-refractivity contribution in [3.63, 3.8) is 0 Å². The first-order valence-electron chi connectivity index (χ1n) is 28.1. The fraction of sp³-hybridized carbons (Fsp3) is 0. The van der Waals surface area contributed by atoms with E-state index < -0.39 is 16.1 Å². The zero-order valence-electron chi connectivity index (χ0n) is 45.0. The Bertz CT molecular complexity index is 4530. The Balaban J connectivity index is 0.963. The molecule has 0 N–H and O–H groups in total. The van der Waals surface area contributed by atoms with E-state index in [2.05, 4.69) is 337 Å². The molecular formula is C76H54N4Si2. The lowest BCUT2D eigenvalue weighted by molar-refractivity contribution is 1.05. The number of fused-ring (bicyclic) bond motifs is 6. The predicted octanol–water partition coefficient (Wildman–Crippen LogP) is 12.8. The van der Waals surface area contributed by atoms with Gasteiger partial charge in [-0.3, -0.25) is 4.57 Å². The smallest absolute Gasteiger partial charge is 0.179 e. The summed E-state index contributed by atoms with van der Waals surface area (Å²) in [5, 5.41) is 15.3. The minimum Gasteiger partial charge on any atom is -0.309 e. The lowest BCUT2D eigenvalue weighted by Crippen LogP contribution is -2.74. The molecule has 0 amide bonds. The molecule has 0 spiro atoms. The zero-order valence-corrected chi connectivity index (χ0v) is 47.0. The van der Waals surface area contributed by atoms with Crippen molar-refractivity contribution in [2.45, 2.75) is 0 Å². The largest absolute Gasteiger partial charge is 0.309 e. The summed E-state index contributed by atoms with van der Waals surface area (Å²) in [6.07, 6.45) is 0. The van der Waals surface area contributed by atoms with Crippen LogP contribution in [0.25, 0.3) is 77.8 Å². The molecule has 0 saturated carbocycles. The van der Waals surface area contributed by atoms with E-state index in [0.717, 1.165) is 50.1 Å². The molecule has 15 aromatic rings. The van der Waals surface area contributed by atoms with Crippen molar-refractivity contribution in [1.82, 2.24) is 19.1 Å². The number of para-hydroxylation sites is 3. The number of rotatable bonds is 12. The second-order valence-corrected chi connectivity index (χ2v) is 28.8. The van der Waals surface area contributed by atoms with Crippen LogP contribution in [0.2, 0.25) is 0 Å². The van der Waals surface area contributed by atoms with Gasteiger partial charge in [0.2, 0.25) is 0 Å². The van der Waals surface area contributed by atoms with Gasteiger partial charge in [0.25, 0.3) is 0 Å². The molecule has 4 nitrogen and oxygen atoms in total. The Morgan fingerprint density at radius 2 is 0.598 bits per heavy atom. The van der Waals surface area contributed by atoms with E-state index in [0.29, 0.717) is 5.82 Å². The fourth-order valence-corrected chi connectivity index (χ4v) is 22.8. The number of aromatic nitrogens is 4. The van der Waals surface area contributed by atoms with Crippen LogP contribution in [0.15, 0.2) is 328 Å². The second kappa shape index (κ2) is 20.4. The first kappa shape index (κ1) is 48.8. The van der Waals surface area contributed by atoms with Crippen molar-refractivity contribution in [2.75, 3.05) is 0 Å². The standard InChI is InChI=1S/C76H54N4Si2/c1-7-27-58(28-8-1)81(59-29-9-2-10-30-59,60-31-11-3-12-32-60)64-49-46-55(47-50-64)76-77-70(56-26-25-39-65(52-56)82(61-33-13-4-14-34-61,62-35-15-5-16-36-62)63-37-17-6-18-38-63)54-75(78-76)80-73-45-24-21-42-68(73)69-53-57(48-51-74(69)80)79-71-43-22-19-40-66(71)67-41-20-23-44-72(67)79/h1-54H. The average molecular weight is 1080 g/mol. The van der Waals surface area contributed by atoms with Crippen molar-refractivity contribution in [1.29, 1.82) is 0 Å². The summed E-state index contributed by atoms with van der Waals surface area (Å²) in [4.78, 5) is 11.3. The molecule has 0 fully saturated rings. The molecule has 0 saturated heterocycles. The molecular weight excluding hydrogens is 1030 g/mol. The van der Waals surface area contributed by atoms with Crippen LogP contribution >= 0.6 is 0 Å². The van der Waals surface area contributed by atoms with Crippen LogP contribution < -0.4 is 41.5 Å². The maximum Gasteiger partial charge on any atom is 0.179 e. The highest BCUT2D eigenvalue weighted by atomic mass is 28.3. The highest BCUT2D eigenvalue weighted by Gasteiger charge is 2.43. The van der Waals surface area contributed by atoms with Gasteiger partial charge in [0, 0.05) is 44.4 Å². The summed E-state index contributed by atoms with van der Waals surface area (Å²) in [6.45, 7) is 0. The predicted molar refractivity (Wildman–Crippen MR) is 349 cm³/mol. The molecule has 3 heterocycles. The molecule has 82 heavy (non-hydrogen) atoms. The highest BCUT2D eigenvalue weighted by Crippen LogP contribution is 2.38. The maximum absolute atomic E-state index is 5.67. The van der Waals surface area contributed by atoms with Crippen LogP contribution in [0.1, 0.15) is 0 Å². The van der Waals surface area contributed by atoms with E-state index in [1.54, 1.807) is 0 Å². The third kappa shape index (κ3) is 7.94. The lowest BCUT2D eigenvalue weighted by atomic mass is 10.1. The van der Waals surface area contributed by atoms with Crippen LogP contribution in [0, 0.1) is 0 Å². The highest BCUT2D eigenvalue weighted by molar-refractivity contribution is 7.20. The van der Waals surface area contributed by atoms with Gasteiger partial charge in [0.1, 0.15) is 5.82 Å². The van der Waals surface area contributed by atoms with E-state index in [4.69, 9.17) is 9.97 Å². The van der Waals surface area contributed by atoms with E-state index in [1.807, 2.05) is 0 Å². The van der Waals surface area contributed by atoms with E-state index in [-0.39, 0.29) is 0 Å². The third-order valence-electron chi connectivity index (χ3n) is 16.8. The van der Waals surface area contributed by atoms with Crippen molar-refractivity contribution in [3.8, 4) is 34.2 Å². The minimum atomic E-state index is -2.90. The molecule has 0 radical (unpaired) electrons. The van der Waals surface area contributed by atoms with Gasteiger partial charge >= 0.3 is 0 Å². The number of hydrogen-bond donors (Lipinski definition) is 0. The van der Waals surface area contributed by atoms with Crippen molar-refractivity contribution >= 4 is 101 Å². The molecule has 0 aliphatic heterocycles. The first-order valence-corrected chi connectivity index (χ1v) is 32.1. The SMILES string of the molecule is c1ccc([Si](c2ccccc2)(c2ccccc2)c2ccc(-c3nc(-c4cccc([Si](c5ccccc5)(c5ccccc5)c5ccccc5)c4)cc(-n4c5ccccc5c5cc(-n6c7ccccc7c7ccccc76)ccc54)n3)cc2)cc1. The van der Waals surface area contributed by atoms with E-state index >= 15 is 0 Å². The van der Waals surface area contributed by atoms with Crippen molar-refractivity contribution in [2.24, 2.45) is 0 Å². The van der Waals surface area contributed by atoms with Crippen LogP contribution in [-0.2, 0) is 0 Å². The molecule has 0 bridgehead atoms. The lowest BCUT2D eigenvalue weighted by Gasteiger charge is -2.34. The summed E-state index contributed by atoms with van der Waals surface area (Å²) < 4.78 is 4.75. The third-order valence-corrected chi connectivity index (χ3v) is 26.4. The topological polar surface area (TPSA) is 35.6 Å². The zero-order chi connectivity index (χ0) is 54.5. The Kier molecular flexibility index (Phi) is 12.2. The molecule has 0 aliphatic carbocycles. The Morgan fingerprint density at radius 3 is 1.06 bits per heavy atom. The molecule has 0 unspecified atom stereocenters. The molecule has 386 valence electrons. The van der Waals surface area contributed by atoms with Crippen molar-refractivity contribution in [3.05, 3.63) is 328 Å². The van der Waals surface area contributed by atoms with E-state index in [9.17, 15) is 0 Å². The second-order valence-electron chi connectivity index (χ2n) is 21.2. The Morgan fingerprint density at radius 1 is 0.232 bits per heavy atom. The molecule has 3 aromatic heterocycles. The van der Waals surface area contributed by atoms with Gasteiger partial charge in [-0.25, -0.2) is 9.97 Å². The van der Waals surface area contributed by atoms with Crippen LogP contribution in [0.5, 0.6) is 0 Å². The van der Waals surface area contributed by atoms with Gasteiger partial charge in [0.05, 0.1) is 27.8 Å². The molecule has 0 atom stereocenters. The Labute approximate surface area is 479 Å². The number of nitrogens with zero attached hydrogens (tertiary/aromatic N) is 4.